The Hall–Kier alpha value is -3.85. The molecule has 3 aromatic rings. The molecule has 192 valence electrons. The first-order chi connectivity index (χ1) is 17.6. The molecule has 1 amide bonds. The van der Waals surface area contributed by atoms with Crippen LogP contribution in [0.5, 0.6) is 11.5 Å². The fourth-order valence-corrected chi connectivity index (χ4v) is 4.97. The smallest absolute Gasteiger partial charge is 0.410 e. The van der Waals surface area contributed by atoms with Crippen LogP contribution in [0.4, 0.5) is 9.18 Å². The van der Waals surface area contributed by atoms with Crippen LogP contribution in [0.25, 0.3) is 11.1 Å². The van der Waals surface area contributed by atoms with E-state index >= 15 is 0 Å². The van der Waals surface area contributed by atoms with Crippen LogP contribution in [0, 0.1) is 11.2 Å². The van der Waals surface area contributed by atoms with Crippen LogP contribution >= 0.6 is 0 Å². The second kappa shape index (κ2) is 9.23. The number of ether oxygens (including phenoxy) is 2. The highest BCUT2D eigenvalue weighted by atomic mass is 19.1. The summed E-state index contributed by atoms with van der Waals surface area (Å²) in [7, 11) is 0. The summed E-state index contributed by atoms with van der Waals surface area (Å²) < 4.78 is 26.4. The van der Waals surface area contributed by atoms with Crippen molar-refractivity contribution in [2.75, 3.05) is 19.6 Å². The van der Waals surface area contributed by atoms with Crippen molar-refractivity contribution in [1.82, 2.24) is 20.2 Å². The van der Waals surface area contributed by atoms with E-state index < -0.39 is 17.5 Å². The molecule has 3 heterocycles. The van der Waals surface area contributed by atoms with E-state index in [-0.39, 0.29) is 17.2 Å². The molecule has 5 rings (SSSR count). The minimum atomic E-state index is -0.639. The predicted molar refractivity (Wildman–Crippen MR) is 135 cm³/mol. The van der Waals surface area contributed by atoms with E-state index in [0.717, 1.165) is 13.1 Å². The van der Waals surface area contributed by atoms with Gasteiger partial charge in [0, 0.05) is 36.2 Å². The summed E-state index contributed by atoms with van der Waals surface area (Å²) in [5.41, 5.74) is 1.16. The van der Waals surface area contributed by atoms with Crippen LogP contribution in [0.2, 0.25) is 0 Å². The molecular formula is C28H29FN4O4. The van der Waals surface area contributed by atoms with Crippen molar-refractivity contribution >= 4 is 11.9 Å². The van der Waals surface area contributed by atoms with Crippen molar-refractivity contribution in [3.05, 3.63) is 72.1 Å². The summed E-state index contributed by atoms with van der Waals surface area (Å²) >= 11 is 0. The topological polar surface area (TPSA) is 93.7 Å². The quantitative estimate of drug-likeness (QED) is 0.480. The maximum Gasteiger partial charge on any atom is 0.410 e. The number of nitrogens with zero attached hydrogens (tertiary/aromatic N) is 3. The molecule has 2 aliphatic heterocycles. The molecule has 2 fully saturated rings. The molecule has 1 atom stereocenters. The number of benzene rings is 2. The van der Waals surface area contributed by atoms with Crippen LogP contribution in [-0.4, -0.2) is 52.0 Å². The van der Waals surface area contributed by atoms with Crippen LogP contribution in [0.3, 0.4) is 0 Å². The number of hydrogen-bond donors (Lipinski definition) is 1. The van der Waals surface area contributed by atoms with Gasteiger partial charge in [-0.3, -0.25) is 9.69 Å². The zero-order chi connectivity index (χ0) is 26.4. The molecule has 0 saturated carbocycles. The van der Waals surface area contributed by atoms with Crippen LogP contribution < -0.4 is 10.1 Å². The number of aromatic nitrogens is 2. The Morgan fingerprint density at radius 1 is 1.11 bits per heavy atom. The third-order valence-corrected chi connectivity index (χ3v) is 6.68. The number of hydrogen-bond acceptors (Lipinski definition) is 7. The number of amides is 1. The van der Waals surface area contributed by atoms with Gasteiger partial charge in [0.05, 0.1) is 12.2 Å². The largest absolute Gasteiger partial charge is 0.453 e. The summed E-state index contributed by atoms with van der Waals surface area (Å²) in [5.74, 6) is 0.0894. The van der Waals surface area contributed by atoms with Crippen molar-refractivity contribution in [3.63, 3.8) is 0 Å². The Balaban J connectivity index is 1.54. The molecule has 1 unspecified atom stereocenters. The second-order valence-corrected chi connectivity index (χ2v) is 10.6. The Labute approximate surface area is 214 Å². The maximum absolute atomic E-state index is 14.4. The number of halogens is 1. The van der Waals surface area contributed by atoms with E-state index in [1.807, 2.05) is 20.8 Å². The molecular weight excluding hydrogens is 475 g/mol. The fraction of sp³-hybridized carbons (Fsp3) is 0.357. The number of carbonyl (C=O) groups excluding carboxylic acids is 2. The average molecular weight is 505 g/mol. The van der Waals surface area contributed by atoms with Gasteiger partial charge in [-0.05, 0) is 51.5 Å². The lowest BCUT2D eigenvalue weighted by molar-refractivity contribution is -0.110. The molecule has 1 aromatic heterocycles. The number of rotatable bonds is 5. The van der Waals surface area contributed by atoms with Crippen molar-refractivity contribution < 1.29 is 23.5 Å². The molecule has 0 aliphatic carbocycles. The molecule has 9 heteroatoms. The van der Waals surface area contributed by atoms with Gasteiger partial charge < -0.3 is 14.8 Å². The predicted octanol–water partition coefficient (Wildman–Crippen LogP) is 5.16. The van der Waals surface area contributed by atoms with Gasteiger partial charge in [0.25, 0.3) is 0 Å². The second-order valence-electron chi connectivity index (χ2n) is 10.6. The van der Waals surface area contributed by atoms with Crippen molar-refractivity contribution in [1.29, 1.82) is 0 Å². The lowest BCUT2D eigenvalue weighted by Crippen LogP contribution is -2.73. The number of ketones is 1. The van der Waals surface area contributed by atoms with Gasteiger partial charge in [-0.2, -0.15) is 0 Å². The zero-order valence-electron chi connectivity index (χ0n) is 21.2. The molecule has 1 spiro atoms. The number of nitrogens with one attached hydrogen (secondary N) is 1. The Morgan fingerprint density at radius 2 is 1.86 bits per heavy atom. The summed E-state index contributed by atoms with van der Waals surface area (Å²) in [5, 5.41) is 3.30. The minimum Gasteiger partial charge on any atom is -0.453 e. The highest BCUT2D eigenvalue weighted by Gasteiger charge is 2.60. The maximum atomic E-state index is 14.4. The molecule has 2 saturated heterocycles. The molecule has 0 radical (unpaired) electrons. The summed E-state index contributed by atoms with van der Waals surface area (Å²) in [6.45, 7) is 8.95. The van der Waals surface area contributed by atoms with Crippen molar-refractivity contribution in [2.24, 2.45) is 5.41 Å². The zero-order valence-corrected chi connectivity index (χ0v) is 21.2. The van der Waals surface area contributed by atoms with Crippen molar-refractivity contribution in [3.8, 4) is 22.6 Å². The molecule has 8 nitrogen and oxygen atoms in total. The number of likely N-dealkylation sites (tertiary alicyclic amines) is 1. The molecule has 2 aromatic carbocycles. The monoisotopic (exact) mass is 504 g/mol. The number of Topliss-reactive ketones (excluding diaryl/α,β-unsaturated/α-hetero) is 1. The van der Waals surface area contributed by atoms with Gasteiger partial charge >= 0.3 is 6.09 Å². The normalized spacial score (nSPS) is 18.1. The Morgan fingerprint density at radius 3 is 2.54 bits per heavy atom. The van der Waals surface area contributed by atoms with Gasteiger partial charge in [-0.15, -0.1) is 0 Å². The van der Waals surface area contributed by atoms with Gasteiger partial charge in [0.15, 0.2) is 11.5 Å². The first-order valence-corrected chi connectivity index (χ1v) is 12.2. The van der Waals surface area contributed by atoms with E-state index in [1.165, 1.54) is 37.6 Å². The van der Waals surface area contributed by atoms with Crippen molar-refractivity contribution in [2.45, 2.75) is 39.3 Å². The molecule has 37 heavy (non-hydrogen) atoms. The van der Waals surface area contributed by atoms with Crippen LogP contribution in [0.1, 0.15) is 49.8 Å². The molecule has 2 aliphatic rings. The lowest BCUT2D eigenvalue weighted by Gasteiger charge is -2.61. The first-order valence-electron chi connectivity index (χ1n) is 12.2. The third-order valence-electron chi connectivity index (χ3n) is 6.68. The summed E-state index contributed by atoms with van der Waals surface area (Å²) in [6, 6.07) is 10.8. The highest BCUT2D eigenvalue weighted by Crippen LogP contribution is 2.53. The third kappa shape index (κ3) is 4.67. The fourth-order valence-electron chi connectivity index (χ4n) is 4.97. The van der Waals surface area contributed by atoms with E-state index in [2.05, 4.69) is 15.3 Å². The van der Waals surface area contributed by atoms with E-state index in [1.54, 1.807) is 29.2 Å². The minimum absolute atomic E-state index is 0.142. The Kier molecular flexibility index (Phi) is 6.19. The van der Waals surface area contributed by atoms with Gasteiger partial charge in [0.2, 0.25) is 0 Å². The summed E-state index contributed by atoms with van der Waals surface area (Å²) in [6.07, 6.45) is 2.54. The lowest BCUT2D eigenvalue weighted by atomic mass is 9.65. The average Bonchev–Trinajstić information content (AvgIpc) is 2.78. The SMILES string of the molecule is CC(=O)c1ccccc1-c1cc(F)ccc1Oc1cncnc1C1N(C(=O)OC(C)(C)C)CC12CNC2. The summed E-state index contributed by atoms with van der Waals surface area (Å²) in [4.78, 5) is 35.7. The molecule has 1 N–H and O–H groups in total. The number of carbonyl (C=O) groups is 2. The van der Waals surface area contributed by atoms with E-state index in [0.29, 0.717) is 40.4 Å². The first kappa shape index (κ1) is 24.8. The highest BCUT2D eigenvalue weighted by molar-refractivity contribution is 6.01. The van der Waals surface area contributed by atoms with E-state index in [4.69, 9.17) is 9.47 Å². The van der Waals surface area contributed by atoms with Crippen LogP contribution in [0.15, 0.2) is 55.0 Å². The Bertz CT molecular complexity index is 1370. The van der Waals surface area contributed by atoms with E-state index in [9.17, 15) is 14.0 Å². The standard InChI is InChI=1S/C28H29FN4O4/c1-17(34)19-7-5-6-8-20(19)21-11-18(29)9-10-22(21)36-23-12-30-16-32-24(23)25-28(13-31-14-28)15-33(25)26(35)37-27(2,3)4/h5-12,16,25,31H,13-15H2,1-4H3. The van der Waals surface area contributed by atoms with Crippen LogP contribution in [-0.2, 0) is 4.74 Å². The van der Waals surface area contributed by atoms with Gasteiger partial charge in [-0.1, -0.05) is 24.3 Å². The molecule has 0 bridgehead atoms. The van der Waals surface area contributed by atoms with Gasteiger partial charge in [-0.25, -0.2) is 19.2 Å². The van der Waals surface area contributed by atoms with Gasteiger partial charge in [0.1, 0.15) is 29.2 Å².